The maximum atomic E-state index is 11.2. The summed E-state index contributed by atoms with van der Waals surface area (Å²) in [4.78, 5) is 10.8. The second-order valence-corrected chi connectivity index (χ2v) is 4.69. The van der Waals surface area contributed by atoms with Gasteiger partial charge in [-0.05, 0) is 32.5 Å². The minimum atomic E-state index is -0.417. The summed E-state index contributed by atoms with van der Waals surface area (Å²) < 4.78 is 5.54. The van der Waals surface area contributed by atoms with Gasteiger partial charge in [-0.15, -0.1) is 10.2 Å². The van der Waals surface area contributed by atoms with Gasteiger partial charge in [0.1, 0.15) is 5.56 Å². The molecule has 0 atom stereocenters. The van der Waals surface area contributed by atoms with Gasteiger partial charge in [-0.1, -0.05) is 19.1 Å². The number of nitro benzene ring substituents is 1. The summed E-state index contributed by atoms with van der Waals surface area (Å²) in [7, 11) is 0. The fourth-order valence-corrected chi connectivity index (χ4v) is 2.08. The molecule has 2 rings (SSSR count). The molecule has 0 amide bonds. The van der Waals surface area contributed by atoms with Crippen LogP contribution < -0.4 is 5.32 Å². The van der Waals surface area contributed by atoms with E-state index in [1.165, 1.54) is 0 Å². The average molecular weight is 290 g/mol. The van der Waals surface area contributed by atoms with E-state index in [1.807, 2.05) is 6.92 Å². The first-order chi connectivity index (χ1) is 10.1. The summed E-state index contributed by atoms with van der Waals surface area (Å²) >= 11 is 0. The van der Waals surface area contributed by atoms with E-state index in [4.69, 9.17) is 4.42 Å². The van der Waals surface area contributed by atoms with E-state index in [0.717, 1.165) is 19.5 Å². The van der Waals surface area contributed by atoms with Crippen molar-refractivity contribution in [2.45, 2.75) is 26.7 Å². The van der Waals surface area contributed by atoms with Crippen molar-refractivity contribution in [3.8, 4) is 11.5 Å². The summed E-state index contributed by atoms with van der Waals surface area (Å²) in [6.45, 7) is 5.53. The largest absolute Gasteiger partial charge is 0.420 e. The number of rotatable bonds is 7. The van der Waals surface area contributed by atoms with Gasteiger partial charge in [0.2, 0.25) is 5.89 Å². The number of aromatic nitrogens is 2. The molecule has 21 heavy (non-hydrogen) atoms. The summed E-state index contributed by atoms with van der Waals surface area (Å²) in [6, 6.07) is 5.06. The molecule has 0 saturated heterocycles. The molecule has 0 bridgehead atoms. The number of nitrogens with one attached hydrogen (secondary N) is 1. The van der Waals surface area contributed by atoms with E-state index in [9.17, 15) is 10.1 Å². The Bertz CT molecular complexity index is 624. The van der Waals surface area contributed by atoms with Gasteiger partial charge in [-0.2, -0.15) is 0 Å². The third-order valence-corrected chi connectivity index (χ3v) is 3.11. The van der Waals surface area contributed by atoms with Gasteiger partial charge in [-0.25, -0.2) is 0 Å². The number of hydrogen-bond acceptors (Lipinski definition) is 6. The molecule has 1 heterocycles. The number of nitro groups is 1. The third kappa shape index (κ3) is 3.63. The Morgan fingerprint density at radius 2 is 2.19 bits per heavy atom. The summed E-state index contributed by atoms with van der Waals surface area (Å²) in [5.74, 6) is 0.697. The number of nitrogens with zero attached hydrogens (tertiary/aromatic N) is 3. The summed E-state index contributed by atoms with van der Waals surface area (Å²) in [6.07, 6.45) is 1.53. The third-order valence-electron chi connectivity index (χ3n) is 3.11. The van der Waals surface area contributed by atoms with Gasteiger partial charge >= 0.3 is 0 Å². The zero-order chi connectivity index (χ0) is 15.2. The Morgan fingerprint density at radius 1 is 1.38 bits per heavy atom. The molecule has 0 saturated carbocycles. The maximum Gasteiger partial charge on any atom is 0.284 e. The van der Waals surface area contributed by atoms with Crippen LogP contribution in [0.15, 0.2) is 22.6 Å². The van der Waals surface area contributed by atoms with Crippen LogP contribution >= 0.6 is 0 Å². The highest BCUT2D eigenvalue weighted by Crippen LogP contribution is 2.31. The van der Waals surface area contributed by atoms with Gasteiger partial charge in [0.25, 0.3) is 11.6 Å². The lowest BCUT2D eigenvalue weighted by Gasteiger charge is -2.01. The molecule has 2 aromatic rings. The number of aryl methyl sites for hydroxylation is 2. The fourth-order valence-electron chi connectivity index (χ4n) is 2.08. The minimum absolute atomic E-state index is 0.0142. The first-order valence-corrected chi connectivity index (χ1v) is 6.91. The number of hydrogen-bond donors (Lipinski definition) is 1. The van der Waals surface area contributed by atoms with Crippen molar-refractivity contribution in [3.63, 3.8) is 0 Å². The molecule has 0 fully saturated rings. The van der Waals surface area contributed by atoms with Crippen molar-refractivity contribution in [3.05, 3.63) is 39.8 Å². The molecule has 7 nitrogen and oxygen atoms in total. The monoisotopic (exact) mass is 290 g/mol. The van der Waals surface area contributed by atoms with Crippen molar-refractivity contribution >= 4 is 5.69 Å². The van der Waals surface area contributed by atoms with Crippen LogP contribution in [0.4, 0.5) is 5.69 Å². The van der Waals surface area contributed by atoms with Crippen molar-refractivity contribution in [2.24, 2.45) is 0 Å². The molecule has 112 valence electrons. The lowest BCUT2D eigenvalue weighted by molar-refractivity contribution is -0.384. The second kappa shape index (κ2) is 6.94. The molecule has 1 aromatic carbocycles. The lowest BCUT2D eigenvalue weighted by atomic mass is 10.1. The molecule has 0 spiro atoms. The Balaban J connectivity index is 2.18. The van der Waals surface area contributed by atoms with E-state index in [0.29, 0.717) is 23.4 Å². The van der Waals surface area contributed by atoms with E-state index < -0.39 is 4.92 Å². The van der Waals surface area contributed by atoms with Gasteiger partial charge < -0.3 is 9.73 Å². The SMILES string of the molecule is CCNCCCc1nnc(-c2cccc(C)c2[N+](=O)[O-])o1. The molecule has 0 aliphatic rings. The maximum absolute atomic E-state index is 11.2. The molecule has 1 aromatic heterocycles. The first kappa shape index (κ1) is 15.1. The van der Waals surface area contributed by atoms with Gasteiger partial charge in [0.05, 0.1) is 4.92 Å². The smallest absolute Gasteiger partial charge is 0.284 e. The minimum Gasteiger partial charge on any atom is -0.420 e. The second-order valence-electron chi connectivity index (χ2n) is 4.69. The van der Waals surface area contributed by atoms with Crippen LogP contribution in [0, 0.1) is 17.0 Å². The van der Waals surface area contributed by atoms with Crippen LogP contribution in [-0.2, 0) is 6.42 Å². The number of benzene rings is 1. The quantitative estimate of drug-likeness (QED) is 0.478. The van der Waals surface area contributed by atoms with Crippen molar-refractivity contribution < 1.29 is 9.34 Å². The van der Waals surface area contributed by atoms with Crippen molar-refractivity contribution in [1.82, 2.24) is 15.5 Å². The van der Waals surface area contributed by atoms with Crippen molar-refractivity contribution in [2.75, 3.05) is 13.1 Å². The van der Waals surface area contributed by atoms with Crippen molar-refractivity contribution in [1.29, 1.82) is 0 Å². The standard InChI is InChI=1S/C14H18N4O3/c1-3-15-9-5-8-12-16-17-14(21-12)11-7-4-6-10(2)13(11)18(19)20/h4,6-7,15H,3,5,8-9H2,1-2H3. The molecule has 0 radical (unpaired) electrons. The van der Waals surface area contributed by atoms with Crippen LogP contribution in [-0.4, -0.2) is 28.2 Å². The molecule has 1 N–H and O–H groups in total. The Morgan fingerprint density at radius 3 is 2.90 bits per heavy atom. The normalized spacial score (nSPS) is 10.8. The predicted octanol–water partition coefficient (Wildman–Crippen LogP) is 2.50. The summed E-state index contributed by atoms with van der Waals surface area (Å²) in [5.41, 5.74) is 0.954. The Hall–Kier alpha value is -2.28. The Labute approximate surface area is 122 Å². The van der Waals surface area contributed by atoms with Gasteiger partial charge in [-0.3, -0.25) is 10.1 Å². The average Bonchev–Trinajstić information content (AvgIpc) is 2.91. The molecule has 7 heteroatoms. The topological polar surface area (TPSA) is 94.1 Å². The molecule has 0 aliphatic carbocycles. The highest BCUT2D eigenvalue weighted by Gasteiger charge is 2.22. The van der Waals surface area contributed by atoms with Crippen LogP contribution in [0.25, 0.3) is 11.5 Å². The van der Waals surface area contributed by atoms with Crippen LogP contribution in [0.3, 0.4) is 0 Å². The predicted molar refractivity (Wildman–Crippen MR) is 78.0 cm³/mol. The van der Waals surface area contributed by atoms with Crippen LogP contribution in [0.2, 0.25) is 0 Å². The van der Waals surface area contributed by atoms with E-state index in [2.05, 4.69) is 15.5 Å². The van der Waals surface area contributed by atoms with Crippen LogP contribution in [0.5, 0.6) is 0 Å². The zero-order valence-electron chi connectivity index (χ0n) is 12.1. The highest BCUT2D eigenvalue weighted by molar-refractivity contribution is 5.69. The molecular weight excluding hydrogens is 272 g/mol. The van der Waals surface area contributed by atoms with E-state index in [1.54, 1.807) is 25.1 Å². The summed E-state index contributed by atoms with van der Waals surface area (Å²) in [5, 5.41) is 22.3. The fraction of sp³-hybridized carbons (Fsp3) is 0.429. The molecular formula is C14H18N4O3. The first-order valence-electron chi connectivity index (χ1n) is 6.91. The molecule has 0 aliphatic heterocycles. The molecule has 0 unspecified atom stereocenters. The Kier molecular flexibility index (Phi) is 4.99. The van der Waals surface area contributed by atoms with E-state index in [-0.39, 0.29) is 11.6 Å². The van der Waals surface area contributed by atoms with Gasteiger partial charge in [0.15, 0.2) is 0 Å². The number of para-hydroxylation sites is 1. The van der Waals surface area contributed by atoms with Gasteiger partial charge in [0, 0.05) is 12.0 Å². The van der Waals surface area contributed by atoms with Crippen LogP contribution in [0.1, 0.15) is 24.8 Å². The highest BCUT2D eigenvalue weighted by atomic mass is 16.6. The zero-order valence-corrected chi connectivity index (χ0v) is 12.1. The van der Waals surface area contributed by atoms with E-state index >= 15 is 0 Å². The lowest BCUT2D eigenvalue weighted by Crippen LogP contribution is -2.14.